The maximum absolute atomic E-state index is 13.5. The van der Waals surface area contributed by atoms with Gasteiger partial charge in [0.2, 0.25) is 5.91 Å². The minimum atomic E-state index is -0.563. The van der Waals surface area contributed by atoms with E-state index in [1.807, 2.05) is 47.4 Å². The van der Waals surface area contributed by atoms with E-state index in [-0.39, 0.29) is 43.1 Å². The fourth-order valence-corrected chi connectivity index (χ4v) is 7.97. The van der Waals surface area contributed by atoms with E-state index in [1.54, 1.807) is 6.07 Å². The fourth-order valence-electron chi connectivity index (χ4n) is 7.97. The van der Waals surface area contributed by atoms with Crippen molar-refractivity contribution in [2.24, 2.45) is 5.73 Å². The van der Waals surface area contributed by atoms with Gasteiger partial charge in [0.1, 0.15) is 12.4 Å². The van der Waals surface area contributed by atoms with Crippen LogP contribution in [0.15, 0.2) is 90.8 Å². The number of fused-ring (bicyclic) bond motifs is 4. The number of nitrogens with zero attached hydrogens (tertiary/aromatic N) is 2. The molecule has 4 unspecified atom stereocenters. The number of aryl methyl sites for hydroxylation is 1. The highest BCUT2D eigenvalue weighted by Crippen LogP contribution is 2.36. The summed E-state index contributed by atoms with van der Waals surface area (Å²) in [5, 5.41) is 36.8. The normalized spacial score (nSPS) is 20.9. The van der Waals surface area contributed by atoms with Gasteiger partial charge in [0.15, 0.2) is 11.5 Å². The average molecular weight is 749 g/mol. The molecule has 0 spiro atoms. The molecular weight excluding hydrogens is 693 g/mol. The summed E-state index contributed by atoms with van der Waals surface area (Å²) in [5.41, 5.74) is 11.4. The highest BCUT2D eigenvalue weighted by Gasteiger charge is 2.27. The number of hydrogen-bond acceptors (Lipinski definition) is 8. The van der Waals surface area contributed by atoms with Gasteiger partial charge in [-0.25, -0.2) is 0 Å². The van der Waals surface area contributed by atoms with Crippen LogP contribution in [-0.4, -0.2) is 75.4 Å². The number of dihydropyridines is 1. The van der Waals surface area contributed by atoms with Gasteiger partial charge in [0.05, 0.1) is 25.0 Å². The molecule has 0 aliphatic carbocycles. The molecule has 10 heteroatoms. The van der Waals surface area contributed by atoms with Crippen molar-refractivity contribution in [3.05, 3.63) is 113 Å². The number of amides is 1. The van der Waals surface area contributed by atoms with Crippen LogP contribution in [-0.2, 0) is 22.6 Å². The maximum Gasteiger partial charge on any atom is 0.223 e. The molecule has 1 amide bonds. The number of carbonyl (C=O) groups is 1. The molecule has 3 aliphatic rings. The molecule has 1 fully saturated rings. The van der Waals surface area contributed by atoms with Crippen molar-refractivity contribution in [1.82, 2.24) is 14.8 Å². The number of phenolic OH excluding ortho intramolecular Hbond substituents is 1. The standard InChI is InChI=1S/C45H56N4O6/c46-43-18-15-33-29-54-38(12-7-2-1-3-8-21-50)25-37(51)16-13-31-14-17-41(52)42(22-31)55-30-36-24-34(23-35-27-49(28-40(35)36)45(33)47-43)39(32-10-5-4-6-11-32)26-44(53)48-19-9-20-48/h4-6,10-11,14-15,17-18,22-24,27-28,37-39,43,47,50-52H,1-3,7-9,12-13,16,19-21,25-26,29-30,46H2. The van der Waals surface area contributed by atoms with E-state index in [0.717, 1.165) is 102 Å². The molecule has 4 bridgehead atoms. The third kappa shape index (κ3) is 9.80. The summed E-state index contributed by atoms with van der Waals surface area (Å²) < 4.78 is 15.1. The zero-order chi connectivity index (χ0) is 38.1. The molecule has 0 radical (unpaired) electrons. The molecule has 4 atom stereocenters. The van der Waals surface area contributed by atoms with Crippen LogP contribution in [0, 0.1) is 0 Å². The number of unbranched alkanes of at least 4 members (excludes halogenated alkanes) is 4. The van der Waals surface area contributed by atoms with Crippen molar-refractivity contribution >= 4 is 22.5 Å². The topological polar surface area (TPSA) is 142 Å². The number of likely N-dealkylation sites (tertiary alicyclic amines) is 1. The molecular formula is C45H56N4O6. The first-order chi connectivity index (χ1) is 26.8. The molecule has 7 rings (SSSR count). The van der Waals surface area contributed by atoms with Crippen LogP contribution in [0.1, 0.15) is 92.4 Å². The summed E-state index contributed by atoms with van der Waals surface area (Å²) in [6.07, 6.45) is 15.9. The summed E-state index contributed by atoms with van der Waals surface area (Å²) in [4.78, 5) is 15.4. The summed E-state index contributed by atoms with van der Waals surface area (Å²) in [5.74, 6) is 1.25. The van der Waals surface area contributed by atoms with Gasteiger partial charge in [0, 0.05) is 60.8 Å². The Hall–Kier alpha value is -4.61. The third-order valence-electron chi connectivity index (χ3n) is 11.3. The van der Waals surface area contributed by atoms with Crippen molar-refractivity contribution in [2.45, 2.75) is 102 Å². The number of aliphatic hydroxyl groups excluding tert-OH is 2. The zero-order valence-corrected chi connectivity index (χ0v) is 31.7. The Morgan fingerprint density at radius 1 is 0.964 bits per heavy atom. The number of aliphatic hydroxyl groups is 2. The predicted octanol–water partition coefficient (Wildman–Crippen LogP) is 6.71. The van der Waals surface area contributed by atoms with Crippen molar-refractivity contribution in [1.29, 1.82) is 0 Å². The number of aromatic nitrogens is 1. The minimum Gasteiger partial charge on any atom is -0.504 e. The molecule has 0 saturated carbocycles. The number of hydrogen-bond donors (Lipinski definition) is 5. The number of benzene rings is 3. The van der Waals surface area contributed by atoms with Gasteiger partial charge in [-0.3, -0.25) is 4.79 Å². The number of nitrogens with one attached hydrogen (secondary N) is 1. The first-order valence-corrected chi connectivity index (χ1v) is 20.1. The molecule has 292 valence electrons. The lowest BCUT2D eigenvalue weighted by Gasteiger charge is -2.32. The van der Waals surface area contributed by atoms with Gasteiger partial charge in [-0.1, -0.05) is 74.2 Å². The van der Waals surface area contributed by atoms with Crippen LogP contribution in [0.3, 0.4) is 0 Å². The first kappa shape index (κ1) is 38.7. The summed E-state index contributed by atoms with van der Waals surface area (Å²) in [7, 11) is 0. The van der Waals surface area contributed by atoms with Gasteiger partial charge in [-0.15, -0.1) is 0 Å². The lowest BCUT2D eigenvalue weighted by atomic mass is 9.86. The predicted molar refractivity (Wildman–Crippen MR) is 215 cm³/mol. The Kier molecular flexibility index (Phi) is 12.9. The zero-order valence-electron chi connectivity index (χ0n) is 31.7. The molecule has 4 aromatic rings. The summed E-state index contributed by atoms with van der Waals surface area (Å²) in [6.45, 7) is 2.38. The largest absolute Gasteiger partial charge is 0.504 e. The van der Waals surface area contributed by atoms with Gasteiger partial charge >= 0.3 is 0 Å². The second kappa shape index (κ2) is 18.3. The van der Waals surface area contributed by atoms with E-state index in [2.05, 4.69) is 46.5 Å². The SMILES string of the molecule is NC1C=CC2=C(N1)n1cc3cc(C(CC(=O)N4CCC4)c4ccccc4)cc(c3c1)COc1cc(ccc1O)CCC(O)CC(CCCCCCCO)OC2. The smallest absolute Gasteiger partial charge is 0.223 e. The van der Waals surface area contributed by atoms with Crippen molar-refractivity contribution in [2.75, 3.05) is 26.3 Å². The number of ether oxygens (including phenoxy) is 2. The Labute approximate surface area is 324 Å². The average Bonchev–Trinajstić information content (AvgIpc) is 3.60. The van der Waals surface area contributed by atoms with E-state index < -0.39 is 6.10 Å². The fraction of sp³-hybridized carbons (Fsp3) is 0.444. The van der Waals surface area contributed by atoms with Crippen LogP contribution in [0.4, 0.5) is 0 Å². The van der Waals surface area contributed by atoms with Gasteiger partial charge < -0.3 is 45.3 Å². The van der Waals surface area contributed by atoms with Crippen LogP contribution < -0.4 is 15.8 Å². The Morgan fingerprint density at radius 3 is 2.58 bits per heavy atom. The number of carbonyl (C=O) groups excluding carboxylic acids is 1. The van der Waals surface area contributed by atoms with Crippen LogP contribution >= 0.6 is 0 Å². The van der Waals surface area contributed by atoms with E-state index in [4.69, 9.17) is 15.2 Å². The number of aromatic hydroxyl groups is 1. The highest BCUT2D eigenvalue weighted by atomic mass is 16.5. The highest BCUT2D eigenvalue weighted by molar-refractivity contribution is 5.88. The van der Waals surface area contributed by atoms with Crippen molar-refractivity contribution in [3.63, 3.8) is 0 Å². The molecule has 3 aliphatic heterocycles. The molecule has 1 saturated heterocycles. The minimum absolute atomic E-state index is 0.0559. The molecule has 3 aromatic carbocycles. The van der Waals surface area contributed by atoms with Crippen LogP contribution in [0.5, 0.6) is 11.5 Å². The Morgan fingerprint density at radius 2 is 1.78 bits per heavy atom. The first-order valence-electron chi connectivity index (χ1n) is 20.1. The van der Waals surface area contributed by atoms with Crippen molar-refractivity contribution < 1.29 is 29.6 Å². The van der Waals surface area contributed by atoms with Crippen molar-refractivity contribution in [3.8, 4) is 11.5 Å². The number of nitrogens with two attached hydrogens (primary N) is 1. The Balaban J connectivity index is 1.28. The molecule has 6 N–H and O–H groups in total. The quantitative estimate of drug-likeness (QED) is 0.107. The van der Waals surface area contributed by atoms with Gasteiger partial charge in [-0.05, 0) is 85.1 Å². The maximum atomic E-state index is 13.5. The summed E-state index contributed by atoms with van der Waals surface area (Å²) >= 11 is 0. The van der Waals surface area contributed by atoms with Gasteiger partial charge in [-0.2, -0.15) is 0 Å². The van der Waals surface area contributed by atoms with E-state index in [9.17, 15) is 20.1 Å². The number of phenols is 1. The second-order valence-corrected chi connectivity index (χ2v) is 15.4. The third-order valence-corrected chi connectivity index (χ3v) is 11.3. The van der Waals surface area contributed by atoms with Crippen LogP contribution in [0.2, 0.25) is 0 Å². The van der Waals surface area contributed by atoms with Crippen LogP contribution in [0.25, 0.3) is 16.6 Å². The molecule has 10 nitrogen and oxygen atoms in total. The van der Waals surface area contributed by atoms with E-state index in [1.165, 1.54) is 0 Å². The second-order valence-electron chi connectivity index (χ2n) is 15.4. The molecule has 55 heavy (non-hydrogen) atoms. The van der Waals surface area contributed by atoms with E-state index in [0.29, 0.717) is 38.0 Å². The van der Waals surface area contributed by atoms with E-state index >= 15 is 0 Å². The van der Waals surface area contributed by atoms with Gasteiger partial charge in [0.25, 0.3) is 0 Å². The lowest BCUT2D eigenvalue weighted by Crippen LogP contribution is -2.42. The molecule has 1 aromatic heterocycles. The number of rotatable bonds is 11. The monoisotopic (exact) mass is 748 g/mol. The summed E-state index contributed by atoms with van der Waals surface area (Å²) in [6, 6.07) is 20.0. The molecule has 4 heterocycles. The lowest BCUT2D eigenvalue weighted by molar-refractivity contribution is -0.134. The Bertz CT molecular complexity index is 1970.